The van der Waals surface area contributed by atoms with E-state index in [0.29, 0.717) is 5.56 Å². The number of nitrogens with one attached hydrogen (secondary N) is 1. The number of rotatable bonds is 3. The number of hydrogen-bond donors (Lipinski definition) is 1. The fourth-order valence-electron chi connectivity index (χ4n) is 2.53. The first-order valence-corrected chi connectivity index (χ1v) is 7.24. The minimum absolute atomic E-state index is 0.667. The van der Waals surface area contributed by atoms with Crippen molar-refractivity contribution in [3.63, 3.8) is 0 Å². The molecule has 0 aliphatic carbocycles. The molecular weight excluding hydrogens is 272 g/mol. The highest BCUT2D eigenvalue weighted by molar-refractivity contribution is 5.74. The van der Waals surface area contributed by atoms with Gasteiger partial charge in [-0.05, 0) is 48.2 Å². The number of hydrogen-bond acceptors (Lipinski definition) is 3. The molecule has 4 heteroatoms. The van der Waals surface area contributed by atoms with Gasteiger partial charge in [-0.25, -0.2) is 0 Å². The molecule has 4 nitrogen and oxygen atoms in total. The predicted molar refractivity (Wildman–Crippen MR) is 86.1 cm³/mol. The molecule has 0 atom stereocenters. The molecule has 0 aliphatic heterocycles. The molecule has 3 rings (SSSR count). The molecule has 0 amide bonds. The molecule has 1 N–H and O–H groups in total. The maximum atomic E-state index is 9.10. The minimum Gasteiger partial charge on any atom is -0.325 e. The second kappa shape index (κ2) is 5.82. The third-order valence-electron chi connectivity index (χ3n) is 3.67. The van der Waals surface area contributed by atoms with Crippen LogP contribution in [-0.4, -0.2) is 15.2 Å². The smallest absolute Gasteiger partial charge is 0.161 e. The summed E-state index contributed by atoms with van der Waals surface area (Å²) in [5.74, 6) is 1.56. The van der Waals surface area contributed by atoms with Gasteiger partial charge in [0.15, 0.2) is 5.82 Å². The van der Waals surface area contributed by atoms with Crippen LogP contribution in [0, 0.1) is 18.3 Å². The van der Waals surface area contributed by atoms with Gasteiger partial charge in [0.25, 0.3) is 0 Å². The van der Waals surface area contributed by atoms with Crippen molar-refractivity contribution in [3.8, 4) is 28.6 Å². The SMILES string of the molecule is CCc1ccc(-c2nnc(C)[nH]2)cc1-c1cccc(C#N)c1. The van der Waals surface area contributed by atoms with Crippen LogP contribution >= 0.6 is 0 Å². The summed E-state index contributed by atoms with van der Waals surface area (Å²) in [6, 6.07) is 16.2. The van der Waals surface area contributed by atoms with Crippen LogP contribution in [0.2, 0.25) is 0 Å². The van der Waals surface area contributed by atoms with Crippen LogP contribution in [0.3, 0.4) is 0 Å². The van der Waals surface area contributed by atoms with Gasteiger partial charge in [-0.3, -0.25) is 0 Å². The number of H-pyrrole nitrogens is 1. The number of aromatic nitrogens is 3. The van der Waals surface area contributed by atoms with E-state index in [4.69, 9.17) is 5.26 Å². The number of aromatic amines is 1. The Morgan fingerprint density at radius 1 is 1.09 bits per heavy atom. The quantitative estimate of drug-likeness (QED) is 0.795. The molecule has 1 heterocycles. The molecule has 108 valence electrons. The van der Waals surface area contributed by atoms with E-state index in [0.717, 1.165) is 34.8 Å². The number of nitrogens with zero attached hydrogens (tertiary/aromatic N) is 3. The molecule has 0 spiro atoms. The Morgan fingerprint density at radius 2 is 1.95 bits per heavy atom. The Morgan fingerprint density at radius 3 is 2.64 bits per heavy atom. The first-order chi connectivity index (χ1) is 10.7. The van der Waals surface area contributed by atoms with Gasteiger partial charge in [0, 0.05) is 5.56 Å². The molecule has 0 aliphatic rings. The van der Waals surface area contributed by atoms with Gasteiger partial charge in [-0.2, -0.15) is 5.26 Å². The van der Waals surface area contributed by atoms with Crippen LogP contribution < -0.4 is 0 Å². The molecule has 0 radical (unpaired) electrons. The Hall–Kier alpha value is -2.93. The van der Waals surface area contributed by atoms with Crippen LogP contribution in [0.15, 0.2) is 42.5 Å². The van der Waals surface area contributed by atoms with Crippen molar-refractivity contribution in [2.75, 3.05) is 0 Å². The van der Waals surface area contributed by atoms with E-state index < -0.39 is 0 Å². The lowest BCUT2D eigenvalue weighted by atomic mass is 9.94. The summed E-state index contributed by atoms with van der Waals surface area (Å²) in [7, 11) is 0. The van der Waals surface area contributed by atoms with Crippen molar-refractivity contribution in [1.29, 1.82) is 5.26 Å². The zero-order chi connectivity index (χ0) is 15.5. The highest BCUT2D eigenvalue weighted by atomic mass is 15.2. The number of aryl methyl sites for hydroxylation is 2. The Labute approximate surface area is 129 Å². The summed E-state index contributed by atoms with van der Waals surface area (Å²) >= 11 is 0. The highest BCUT2D eigenvalue weighted by Crippen LogP contribution is 2.29. The van der Waals surface area contributed by atoms with Crippen molar-refractivity contribution in [3.05, 3.63) is 59.4 Å². The number of benzene rings is 2. The molecule has 1 aromatic heterocycles. The molecule has 2 aromatic carbocycles. The van der Waals surface area contributed by atoms with E-state index in [-0.39, 0.29) is 0 Å². The fourth-order valence-corrected chi connectivity index (χ4v) is 2.53. The average molecular weight is 288 g/mol. The molecule has 0 unspecified atom stereocenters. The predicted octanol–water partition coefficient (Wildman–Crippen LogP) is 3.88. The lowest BCUT2D eigenvalue weighted by molar-refractivity contribution is 1.04. The van der Waals surface area contributed by atoms with Crippen LogP contribution in [0.4, 0.5) is 0 Å². The van der Waals surface area contributed by atoms with Crippen LogP contribution in [0.25, 0.3) is 22.5 Å². The van der Waals surface area contributed by atoms with E-state index in [2.05, 4.69) is 46.4 Å². The number of nitriles is 1. The van der Waals surface area contributed by atoms with Crippen LogP contribution in [-0.2, 0) is 6.42 Å². The van der Waals surface area contributed by atoms with Gasteiger partial charge >= 0.3 is 0 Å². The largest absolute Gasteiger partial charge is 0.325 e. The van der Waals surface area contributed by atoms with Crippen LogP contribution in [0.1, 0.15) is 23.9 Å². The molecule has 0 saturated carbocycles. The van der Waals surface area contributed by atoms with Gasteiger partial charge in [0.05, 0.1) is 11.6 Å². The van der Waals surface area contributed by atoms with Crippen molar-refractivity contribution in [1.82, 2.24) is 15.2 Å². The topological polar surface area (TPSA) is 65.4 Å². The zero-order valence-corrected chi connectivity index (χ0v) is 12.6. The lowest BCUT2D eigenvalue weighted by Gasteiger charge is -2.10. The molecule has 3 aromatic rings. The summed E-state index contributed by atoms with van der Waals surface area (Å²) in [5.41, 5.74) is 5.09. The van der Waals surface area contributed by atoms with E-state index in [1.165, 1.54) is 5.56 Å². The highest BCUT2D eigenvalue weighted by Gasteiger charge is 2.09. The first-order valence-electron chi connectivity index (χ1n) is 7.24. The molecule has 0 saturated heterocycles. The summed E-state index contributed by atoms with van der Waals surface area (Å²) < 4.78 is 0. The van der Waals surface area contributed by atoms with Gasteiger partial charge in [0.1, 0.15) is 5.82 Å². The lowest BCUT2D eigenvalue weighted by Crippen LogP contribution is -1.91. The Bertz CT molecular complexity index is 856. The van der Waals surface area contributed by atoms with Crippen molar-refractivity contribution in [2.24, 2.45) is 0 Å². The second-order valence-corrected chi connectivity index (χ2v) is 5.18. The van der Waals surface area contributed by atoms with Gasteiger partial charge in [-0.1, -0.05) is 31.2 Å². The van der Waals surface area contributed by atoms with Gasteiger partial charge < -0.3 is 4.98 Å². The third kappa shape index (κ3) is 2.61. The minimum atomic E-state index is 0.667. The third-order valence-corrected chi connectivity index (χ3v) is 3.67. The maximum absolute atomic E-state index is 9.10. The maximum Gasteiger partial charge on any atom is 0.161 e. The van der Waals surface area contributed by atoms with E-state index in [1.807, 2.05) is 31.2 Å². The summed E-state index contributed by atoms with van der Waals surface area (Å²) in [4.78, 5) is 3.16. The van der Waals surface area contributed by atoms with Crippen molar-refractivity contribution in [2.45, 2.75) is 20.3 Å². The molecular formula is C18H16N4. The summed E-state index contributed by atoms with van der Waals surface area (Å²) in [6.07, 6.45) is 0.932. The van der Waals surface area contributed by atoms with E-state index in [1.54, 1.807) is 0 Å². The van der Waals surface area contributed by atoms with Crippen molar-refractivity contribution >= 4 is 0 Å². The zero-order valence-electron chi connectivity index (χ0n) is 12.6. The summed E-state index contributed by atoms with van der Waals surface area (Å²) in [6.45, 7) is 4.01. The molecule has 0 bridgehead atoms. The van der Waals surface area contributed by atoms with Crippen LogP contribution in [0.5, 0.6) is 0 Å². The second-order valence-electron chi connectivity index (χ2n) is 5.18. The normalized spacial score (nSPS) is 10.4. The Kier molecular flexibility index (Phi) is 3.71. The standard InChI is InChI=1S/C18H16N4/c1-3-14-7-8-16(18-20-12(2)21-22-18)10-17(14)15-6-4-5-13(9-15)11-19/h4-10H,3H2,1-2H3,(H,20,21,22). The summed E-state index contributed by atoms with van der Waals surface area (Å²) in [5, 5.41) is 17.3. The molecule has 22 heavy (non-hydrogen) atoms. The first kappa shape index (κ1) is 14.0. The molecule has 0 fully saturated rings. The average Bonchev–Trinajstić information content (AvgIpc) is 3.00. The van der Waals surface area contributed by atoms with Crippen molar-refractivity contribution < 1.29 is 0 Å². The van der Waals surface area contributed by atoms with Gasteiger partial charge in [-0.15, -0.1) is 10.2 Å². The monoisotopic (exact) mass is 288 g/mol. The van der Waals surface area contributed by atoms with E-state index >= 15 is 0 Å². The van der Waals surface area contributed by atoms with E-state index in [9.17, 15) is 0 Å². The Balaban J connectivity index is 2.14. The fraction of sp³-hybridized carbons (Fsp3) is 0.167. The van der Waals surface area contributed by atoms with Gasteiger partial charge in [0.2, 0.25) is 0 Å².